The highest BCUT2D eigenvalue weighted by Crippen LogP contribution is 2.68. The summed E-state index contributed by atoms with van der Waals surface area (Å²) in [6, 6.07) is 0. The number of carbonyl (C=O) groups is 2. The third kappa shape index (κ3) is 2.02. The van der Waals surface area contributed by atoms with Crippen molar-refractivity contribution < 1.29 is 14.7 Å². The van der Waals surface area contributed by atoms with Crippen molar-refractivity contribution in [1.29, 1.82) is 0 Å². The molecule has 1 N–H and O–H groups in total. The lowest BCUT2D eigenvalue weighted by molar-refractivity contribution is -0.159. The van der Waals surface area contributed by atoms with Gasteiger partial charge < -0.3 is 5.11 Å². The molecule has 3 heteroatoms. The maximum absolute atomic E-state index is 12.3. The van der Waals surface area contributed by atoms with Gasteiger partial charge in [0.2, 0.25) is 0 Å². The molecule has 3 saturated carbocycles. The average molecular weight is 342 g/mol. The van der Waals surface area contributed by atoms with Gasteiger partial charge in [0.25, 0.3) is 0 Å². The number of aliphatic hydroxyl groups is 1. The molecule has 6 atom stereocenters. The number of hydrogen-bond acceptors (Lipinski definition) is 3. The number of carbonyl (C=O) groups excluding carboxylic acids is 2. The molecule has 0 heterocycles. The monoisotopic (exact) mass is 342 g/mol. The average Bonchev–Trinajstić information content (AvgIpc) is 2.83. The Hall–Kier alpha value is -1.22. The van der Waals surface area contributed by atoms with Gasteiger partial charge in [0.05, 0.1) is 0 Å². The maximum Gasteiger partial charge on any atom is 0.161 e. The number of allylic oxidation sites excluding steroid dienone is 2. The van der Waals surface area contributed by atoms with Crippen molar-refractivity contribution >= 4 is 11.6 Å². The molecule has 0 radical (unpaired) electrons. The van der Waals surface area contributed by atoms with Crippen molar-refractivity contribution in [2.75, 3.05) is 0 Å². The smallest absolute Gasteiger partial charge is 0.161 e. The van der Waals surface area contributed by atoms with Crippen LogP contribution in [0, 0.1) is 28.6 Å². The number of hydrogen-bond donors (Lipinski definition) is 1. The summed E-state index contributed by atoms with van der Waals surface area (Å²) in [5, 5.41) is 11.2. The van der Waals surface area contributed by atoms with E-state index >= 15 is 0 Å². The first kappa shape index (κ1) is 17.2. The molecule has 3 nitrogen and oxygen atoms in total. The van der Waals surface area contributed by atoms with Crippen LogP contribution in [0.4, 0.5) is 0 Å². The van der Waals surface area contributed by atoms with Gasteiger partial charge in [-0.3, -0.25) is 9.59 Å². The summed E-state index contributed by atoms with van der Waals surface area (Å²) in [6.07, 6.45) is 7.77. The lowest BCUT2D eigenvalue weighted by Gasteiger charge is -2.59. The van der Waals surface area contributed by atoms with Crippen molar-refractivity contribution in [3.63, 3.8) is 0 Å². The van der Waals surface area contributed by atoms with Gasteiger partial charge in [0.15, 0.2) is 11.6 Å². The van der Waals surface area contributed by atoms with Crippen LogP contribution >= 0.6 is 0 Å². The molecular weight excluding hydrogens is 312 g/mol. The quantitative estimate of drug-likeness (QED) is 0.783. The first-order valence-electron chi connectivity index (χ1n) is 9.80. The van der Waals surface area contributed by atoms with E-state index < -0.39 is 5.60 Å². The topological polar surface area (TPSA) is 54.4 Å². The van der Waals surface area contributed by atoms with Crippen molar-refractivity contribution in [2.24, 2.45) is 28.6 Å². The summed E-state index contributed by atoms with van der Waals surface area (Å²) in [6.45, 7) is 10.3. The van der Waals surface area contributed by atoms with Crippen LogP contribution in [0.25, 0.3) is 0 Å². The number of rotatable bonds is 1. The minimum absolute atomic E-state index is 0.0339. The van der Waals surface area contributed by atoms with E-state index in [0.717, 1.165) is 37.7 Å². The second-order valence-electron chi connectivity index (χ2n) is 9.54. The normalized spacial score (nSPS) is 49.1. The molecule has 3 fully saturated rings. The molecule has 0 saturated heterocycles. The first-order valence-corrected chi connectivity index (χ1v) is 9.80. The van der Waals surface area contributed by atoms with Crippen LogP contribution in [0.5, 0.6) is 0 Å². The van der Waals surface area contributed by atoms with E-state index in [-0.39, 0.29) is 22.4 Å². The van der Waals surface area contributed by atoms with Gasteiger partial charge in [-0.1, -0.05) is 26.0 Å². The Balaban J connectivity index is 1.75. The molecule has 4 aliphatic carbocycles. The van der Waals surface area contributed by atoms with Crippen molar-refractivity contribution in [1.82, 2.24) is 0 Å². The van der Waals surface area contributed by atoms with Crippen LogP contribution in [0.2, 0.25) is 0 Å². The summed E-state index contributed by atoms with van der Waals surface area (Å²) in [5.74, 6) is 1.54. The van der Waals surface area contributed by atoms with Gasteiger partial charge in [0.1, 0.15) is 5.60 Å². The van der Waals surface area contributed by atoms with Crippen LogP contribution in [-0.2, 0) is 9.59 Å². The molecule has 4 rings (SSSR count). The van der Waals surface area contributed by atoms with Gasteiger partial charge in [-0.2, -0.15) is 0 Å². The molecule has 136 valence electrons. The number of ketones is 2. The zero-order chi connectivity index (χ0) is 18.2. The lowest BCUT2D eigenvalue weighted by Crippen LogP contribution is -2.57. The third-order valence-electron chi connectivity index (χ3n) is 8.66. The predicted octanol–water partition coefficient (Wildman–Crippen LogP) is 4.00. The maximum atomic E-state index is 12.3. The predicted molar refractivity (Wildman–Crippen MR) is 96.9 cm³/mol. The lowest BCUT2D eigenvalue weighted by atomic mass is 9.45. The highest BCUT2D eigenvalue weighted by molar-refractivity contribution is 5.92. The molecule has 0 amide bonds. The first-order chi connectivity index (χ1) is 11.6. The van der Waals surface area contributed by atoms with E-state index in [1.54, 1.807) is 6.92 Å². The molecule has 0 aromatic rings. The molecule has 0 bridgehead atoms. The second kappa shape index (κ2) is 5.16. The zero-order valence-electron chi connectivity index (χ0n) is 15.7. The van der Waals surface area contributed by atoms with Gasteiger partial charge in [-0.15, -0.1) is 0 Å². The molecule has 4 aliphatic rings. The summed E-state index contributed by atoms with van der Waals surface area (Å²) in [4.78, 5) is 24.2. The summed E-state index contributed by atoms with van der Waals surface area (Å²) in [7, 11) is 0. The van der Waals surface area contributed by atoms with Crippen molar-refractivity contribution in [3.05, 3.63) is 23.8 Å². The number of Topliss-reactive ketones (excluding diaryl/α,β-unsaturated/α-hetero) is 1. The van der Waals surface area contributed by atoms with E-state index in [1.165, 1.54) is 5.57 Å². The van der Waals surface area contributed by atoms with Crippen molar-refractivity contribution in [3.8, 4) is 0 Å². The Morgan fingerprint density at radius 3 is 2.56 bits per heavy atom. The van der Waals surface area contributed by atoms with Crippen LogP contribution in [0.1, 0.15) is 65.7 Å². The summed E-state index contributed by atoms with van der Waals surface area (Å²) in [5.41, 5.74) is 0.852. The van der Waals surface area contributed by atoms with E-state index in [9.17, 15) is 14.7 Å². The molecule has 25 heavy (non-hydrogen) atoms. The Morgan fingerprint density at radius 1 is 1.20 bits per heavy atom. The molecule has 0 spiro atoms. The van der Waals surface area contributed by atoms with Crippen LogP contribution in [-0.4, -0.2) is 22.3 Å². The standard InChI is InChI=1S/C22H30O3/c1-13-11-16-17(20(3)8-5-15(24)12-19(13)20)6-9-21(4)18(16)7-10-22(21,25)14(2)23/h12,16-18,25H,1,5-11H2,2-4H3/t16-,17+,18+,20+,21-,22+/m0/s1. The van der Waals surface area contributed by atoms with Gasteiger partial charge >= 0.3 is 0 Å². The Bertz CT molecular complexity index is 704. The van der Waals surface area contributed by atoms with Crippen LogP contribution < -0.4 is 0 Å². The van der Waals surface area contributed by atoms with Crippen molar-refractivity contribution in [2.45, 2.75) is 71.3 Å². The highest BCUT2D eigenvalue weighted by atomic mass is 16.3. The fourth-order valence-electron chi connectivity index (χ4n) is 7.16. The molecule has 0 aromatic carbocycles. The zero-order valence-corrected chi connectivity index (χ0v) is 15.7. The van der Waals surface area contributed by atoms with Crippen LogP contribution in [0.15, 0.2) is 23.8 Å². The molecule has 0 aliphatic heterocycles. The highest BCUT2D eigenvalue weighted by Gasteiger charge is 2.65. The third-order valence-corrected chi connectivity index (χ3v) is 8.66. The Morgan fingerprint density at radius 2 is 1.88 bits per heavy atom. The second-order valence-corrected chi connectivity index (χ2v) is 9.54. The SMILES string of the molecule is C=C1C[C@H]2[C@@H](CC[C@@]3(C)[C@@H]2CC[C@@]3(O)C(C)=O)[C@@]2(C)CCC(=O)C=C12. The summed E-state index contributed by atoms with van der Waals surface area (Å²) < 4.78 is 0. The van der Waals surface area contributed by atoms with Gasteiger partial charge in [-0.25, -0.2) is 0 Å². The Labute approximate surface area is 150 Å². The number of fused-ring (bicyclic) bond motifs is 5. The fourth-order valence-corrected chi connectivity index (χ4v) is 7.16. The largest absolute Gasteiger partial charge is 0.382 e. The minimum atomic E-state index is -1.16. The molecule has 0 aromatic heterocycles. The summed E-state index contributed by atoms with van der Waals surface area (Å²) >= 11 is 0. The van der Waals surface area contributed by atoms with E-state index in [4.69, 9.17) is 0 Å². The van der Waals surface area contributed by atoms with Gasteiger partial charge in [-0.05, 0) is 80.3 Å². The van der Waals surface area contributed by atoms with E-state index in [0.29, 0.717) is 30.6 Å². The van der Waals surface area contributed by atoms with Crippen LogP contribution in [0.3, 0.4) is 0 Å². The van der Waals surface area contributed by atoms with E-state index in [1.807, 2.05) is 6.08 Å². The molecular formula is C22H30O3. The fraction of sp³-hybridized carbons (Fsp3) is 0.727. The minimum Gasteiger partial charge on any atom is -0.382 e. The molecule has 0 unspecified atom stereocenters. The Kier molecular flexibility index (Phi) is 3.55. The van der Waals surface area contributed by atoms with Gasteiger partial charge in [0, 0.05) is 11.8 Å². The van der Waals surface area contributed by atoms with E-state index in [2.05, 4.69) is 20.4 Å².